The lowest BCUT2D eigenvalue weighted by Crippen LogP contribution is -2.40. The second-order valence-corrected chi connectivity index (χ2v) is 10.7. The van der Waals surface area contributed by atoms with Gasteiger partial charge in [-0.2, -0.15) is 24.4 Å². The molecule has 5 heteroatoms. The molecule has 1 atom stereocenters. The zero-order valence-corrected chi connectivity index (χ0v) is 25.0. The number of methoxy groups -OCH3 is 1. The van der Waals surface area contributed by atoms with E-state index >= 15 is 0 Å². The minimum atomic E-state index is 0.259. The minimum absolute atomic E-state index is 0.259. The van der Waals surface area contributed by atoms with Crippen molar-refractivity contribution in [3.05, 3.63) is 53.6 Å². The molecule has 0 bridgehead atoms. The van der Waals surface area contributed by atoms with E-state index in [0.29, 0.717) is 6.04 Å². The fourth-order valence-electron chi connectivity index (χ4n) is 2.74. The predicted molar refractivity (Wildman–Crippen MR) is 163 cm³/mol. The number of allylic oxidation sites excluding steroid dienone is 2. The van der Waals surface area contributed by atoms with Crippen molar-refractivity contribution in [2.75, 3.05) is 44.6 Å². The molecule has 0 unspecified atom stereocenters. The van der Waals surface area contributed by atoms with Gasteiger partial charge in [-0.3, -0.25) is 0 Å². The Morgan fingerprint density at radius 2 is 1.82 bits per heavy atom. The third-order valence-electron chi connectivity index (χ3n) is 5.21. The molecule has 0 saturated heterocycles. The molecule has 0 heterocycles. The molecule has 0 saturated carbocycles. The second kappa shape index (κ2) is 25.4. The first-order valence-corrected chi connectivity index (χ1v) is 14.6. The first-order chi connectivity index (χ1) is 16.3. The van der Waals surface area contributed by atoms with Crippen LogP contribution < -0.4 is 10.6 Å². The summed E-state index contributed by atoms with van der Waals surface area (Å²) >= 11 is 5.94. The molecule has 0 fully saturated rings. The fourth-order valence-corrected chi connectivity index (χ4v) is 3.38. The maximum atomic E-state index is 5.06. The van der Waals surface area contributed by atoms with Crippen LogP contribution in [0.15, 0.2) is 48.1 Å². The number of hydrogen-bond acceptors (Lipinski definition) is 5. The van der Waals surface area contributed by atoms with Crippen molar-refractivity contribution < 1.29 is 4.74 Å². The van der Waals surface area contributed by atoms with Crippen LogP contribution in [0.25, 0.3) is 6.08 Å². The lowest BCUT2D eigenvalue weighted by atomic mass is 9.98. The molecule has 3 nitrogen and oxygen atoms in total. The zero-order chi connectivity index (χ0) is 26.1. The van der Waals surface area contributed by atoms with E-state index in [2.05, 4.69) is 95.2 Å². The zero-order valence-electron chi connectivity index (χ0n) is 23.3. The summed E-state index contributed by atoms with van der Waals surface area (Å²) in [7, 11) is 3.74. The smallest absolute Gasteiger partial charge is 0.0462 e. The number of thiol groups is 1. The molecule has 0 aliphatic heterocycles. The summed E-state index contributed by atoms with van der Waals surface area (Å²) in [5.74, 6) is 3.52. The van der Waals surface area contributed by atoms with Gasteiger partial charge in [-0.15, -0.1) is 0 Å². The SMILES string of the molecule is CCCS.CCSCCCNC(C)(C)CCCOC.CN[C@@H](C)/C(C)=C/C=C\c1ccccc1. The van der Waals surface area contributed by atoms with Crippen molar-refractivity contribution in [1.29, 1.82) is 0 Å². The normalized spacial score (nSPS) is 12.6. The van der Waals surface area contributed by atoms with E-state index in [1.54, 1.807) is 7.11 Å². The molecule has 0 aliphatic rings. The second-order valence-electron chi connectivity index (χ2n) is 8.87. The van der Waals surface area contributed by atoms with Gasteiger partial charge >= 0.3 is 0 Å². The van der Waals surface area contributed by atoms with Crippen molar-refractivity contribution in [2.24, 2.45) is 0 Å². The highest BCUT2D eigenvalue weighted by Crippen LogP contribution is 2.11. The molecule has 0 amide bonds. The molecule has 1 aromatic rings. The number of nitrogens with one attached hydrogen (secondary N) is 2. The van der Waals surface area contributed by atoms with Crippen LogP contribution in [0.3, 0.4) is 0 Å². The van der Waals surface area contributed by atoms with Crippen LogP contribution in [0.1, 0.15) is 72.8 Å². The Hall–Kier alpha value is -0.720. The van der Waals surface area contributed by atoms with Gasteiger partial charge in [0.2, 0.25) is 0 Å². The van der Waals surface area contributed by atoms with Gasteiger partial charge < -0.3 is 15.4 Å². The van der Waals surface area contributed by atoms with E-state index in [4.69, 9.17) is 4.74 Å². The van der Waals surface area contributed by atoms with E-state index in [0.717, 1.165) is 25.3 Å². The van der Waals surface area contributed by atoms with E-state index in [1.807, 2.05) is 37.0 Å². The average molecular weight is 511 g/mol. The lowest BCUT2D eigenvalue weighted by molar-refractivity contribution is 0.181. The molecule has 1 rings (SSSR count). The number of rotatable bonds is 15. The fraction of sp³-hybridized carbons (Fsp3) is 0.655. The topological polar surface area (TPSA) is 33.3 Å². The standard InChI is InChI=1S/C14H19N.C12H27NOS.C3H8S/c1-12(13(2)15-3)8-7-11-14-9-5-4-6-10-14;1-5-15-11-7-9-13-12(2,3)8-6-10-14-4;1-2-3-4/h4-11,13,15H,1-3H3;13H,5-11H2,1-4H3;4H,2-3H2,1H3/b11-7-,12-8+;;/t13-;;/m0../s1. The Labute approximate surface area is 222 Å². The molecule has 1 aromatic carbocycles. The maximum absolute atomic E-state index is 5.06. The molecule has 0 aliphatic carbocycles. The quantitative estimate of drug-likeness (QED) is 0.130. The third kappa shape index (κ3) is 24.4. The number of thioether (sulfide) groups is 1. The van der Waals surface area contributed by atoms with Crippen molar-refractivity contribution >= 4 is 30.5 Å². The number of hydrogen-bond donors (Lipinski definition) is 3. The highest BCUT2D eigenvalue weighted by molar-refractivity contribution is 7.99. The summed E-state index contributed by atoms with van der Waals surface area (Å²) in [6.07, 6.45) is 11.1. The monoisotopic (exact) mass is 510 g/mol. The summed E-state index contributed by atoms with van der Waals surface area (Å²) in [6, 6.07) is 10.8. The van der Waals surface area contributed by atoms with Gasteiger partial charge in [0.15, 0.2) is 0 Å². The summed E-state index contributed by atoms with van der Waals surface area (Å²) in [4.78, 5) is 0. The van der Waals surface area contributed by atoms with Crippen molar-refractivity contribution in [3.63, 3.8) is 0 Å². The van der Waals surface area contributed by atoms with Gasteiger partial charge in [0.25, 0.3) is 0 Å². The Balaban J connectivity index is 0. The number of benzene rings is 1. The summed E-state index contributed by atoms with van der Waals surface area (Å²) in [6.45, 7) is 15.2. The molecular formula is C29H54N2OS2. The summed E-state index contributed by atoms with van der Waals surface area (Å²) in [5, 5.41) is 6.82. The molecule has 0 radical (unpaired) electrons. The first kappa shape index (κ1) is 35.4. The predicted octanol–water partition coefficient (Wildman–Crippen LogP) is 7.50. The van der Waals surface area contributed by atoms with Gasteiger partial charge in [-0.05, 0) is 89.8 Å². The van der Waals surface area contributed by atoms with E-state index in [9.17, 15) is 0 Å². The Morgan fingerprint density at radius 3 is 2.35 bits per heavy atom. The number of likely N-dealkylation sites (N-methyl/N-ethyl adjacent to an activating group) is 1. The summed E-state index contributed by atoms with van der Waals surface area (Å²) in [5.41, 5.74) is 2.83. The van der Waals surface area contributed by atoms with E-state index < -0.39 is 0 Å². The minimum Gasteiger partial charge on any atom is -0.385 e. The van der Waals surface area contributed by atoms with Gasteiger partial charge in [0.1, 0.15) is 0 Å². The molecule has 2 N–H and O–H groups in total. The summed E-state index contributed by atoms with van der Waals surface area (Å²) < 4.78 is 5.06. The highest BCUT2D eigenvalue weighted by Gasteiger charge is 2.15. The largest absolute Gasteiger partial charge is 0.385 e. The highest BCUT2D eigenvalue weighted by atomic mass is 32.2. The average Bonchev–Trinajstić information content (AvgIpc) is 2.84. The van der Waals surface area contributed by atoms with Crippen LogP contribution in [0.2, 0.25) is 0 Å². The van der Waals surface area contributed by atoms with Gasteiger partial charge in [0, 0.05) is 25.3 Å². The van der Waals surface area contributed by atoms with Crippen LogP contribution >= 0.6 is 24.4 Å². The van der Waals surface area contributed by atoms with Gasteiger partial charge in [-0.1, -0.05) is 68.0 Å². The maximum Gasteiger partial charge on any atom is 0.0462 e. The Morgan fingerprint density at radius 1 is 1.18 bits per heavy atom. The Kier molecular flexibility index (Phi) is 26.5. The van der Waals surface area contributed by atoms with Crippen LogP contribution in [-0.2, 0) is 4.74 Å². The van der Waals surface area contributed by atoms with Crippen molar-refractivity contribution in [2.45, 2.75) is 78.8 Å². The van der Waals surface area contributed by atoms with E-state index in [1.165, 1.54) is 41.9 Å². The first-order valence-electron chi connectivity index (χ1n) is 12.8. The van der Waals surface area contributed by atoms with Gasteiger partial charge in [-0.25, -0.2) is 0 Å². The van der Waals surface area contributed by atoms with Gasteiger partial charge in [0.05, 0.1) is 0 Å². The molecule has 34 heavy (non-hydrogen) atoms. The van der Waals surface area contributed by atoms with Crippen LogP contribution in [0.4, 0.5) is 0 Å². The van der Waals surface area contributed by atoms with E-state index in [-0.39, 0.29) is 5.54 Å². The molecule has 198 valence electrons. The lowest BCUT2D eigenvalue weighted by Gasteiger charge is -2.26. The Bertz CT molecular complexity index is 601. The molecular weight excluding hydrogens is 456 g/mol. The van der Waals surface area contributed by atoms with Crippen molar-refractivity contribution in [1.82, 2.24) is 10.6 Å². The molecule has 0 spiro atoms. The van der Waals surface area contributed by atoms with Crippen molar-refractivity contribution in [3.8, 4) is 0 Å². The van der Waals surface area contributed by atoms with Crippen LogP contribution in [0.5, 0.6) is 0 Å². The van der Waals surface area contributed by atoms with Crippen LogP contribution in [0, 0.1) is 0 Å². The third-order valence-corrected chi connectivity index (χ3v) is 6.64. The number of ether oxygens (including phenoxy) is 1. The van der Waals surface area contributed by atoms with Crippen LogP contribution in [-0.4, -0.2) is 56.1 Å². The molecule has 0 aromatic heterocycles.